The molecule has 6 heavy (non-hydrogen) atoms. The molecule has 0 unspecified atom stereocenters. The maximum atomic E-state index is 8.48. The van der Waals surface area contributed by atoms with E-state index in [0.717, 1.165) is 0 Å². The van der Waals surface area contributed by atoms with Gasteiger partial charge >= 0.3 is 54.6 Å². The molecular formula is CdO3PPb+. The molecular weight excluding hydrogens is 399 g/mol. The van der Waals surface area contributed by atoms with Crippen LogP contribution in [-0.2, 0) is 27.3 Å². The Morgan fingerprint density at radius 1 is 1.00 bits per heavy atom. The molecule has 3 nitrogen and oxygen atoms in total. The van der Waals surface area contributed by atoms with E-state index in [2.05, 4.69) is 0 Å². The van der Waals surface area contributed by atoms with Crippen LogP contribution >= 0.6 is 8.60 Å². The Morgan fingerprint density at radius 2 is 1.00 bits per heavy atom. The van der Waals surface area contributed by atoms with Crippen molar-refractivity contribution in [3.05, 3.63) is 0 Å². The standard InChI is InChI=1S/Cd.O3P.Pb/c;1-4(2)3;/q+2;-3;+2. The van der Waals surface area contributed by atoms with E-state index in [-0.39, 0.29) is 54.6 Å². The molecule has 0 atom stereocenters. The molecule has 0 aromatic heterocycles. The second-order valence-electron chi connectivity index (χ2n) is 0.224. The van der Waals surface area contributed by atoms with Gasteiger partial charge in [-0.1, -0.05) is 0 Å². The Balaban J connectivity index is -0.0000000450. The van der Waals surface area contributed by atoms with Gasteiger partial charge in [0.2, 0.25) is 0 Å². The molecule has 0 rings (SSSR count). The minimum absolute atomic E-state index is 0. The van der Waals surface area contributed by atoms with Gasteiger partial charge in [-0.05, 0) is 0 Å². The summed E-state index contributed by atoms with van der Waals surface area (Å²) < 4.78 is 0. The molecule has 0 spiro atoms. The molecule has 0 aromatic carbocycles. The summed E-state index contributed by atoms with van der Waals surface area (Å²) in [5, 5.41) is 0. The molecule has 0 amide bonds. The zero-order chi connectivity index (χ0) is 3.58. The van der Waals surface area contributed by atoms with Gasteiger partial charge in [0, 0.05) is 0 Å². The fourth-order valence-corrected chi connectivity index (χ4v) is 0. The van der Waals surface area contributed by atoms with Gasteiger partial charge in [0.05, 0.1) is 0 Å². The average Bonchev–Trinajstić information content (AvgIpc) is 0.811. The second-order valence-corrected chi connectivity index (χ2v) is 0.671. The molecule has 0 saturated heterocycles. The molecule has 0 aliphatic heterocycles. The first kappa shape index (κ1) is 15.7. The summed E-state index contributed by atoms with van der Waals surface area (Å²) in [5.41, 5.74) is 0. The van der Waals surface area contributed by atoms with Crippen LogP contribution in [0.4, 0.5) is 0 Å². The molecule has 2 radical (unpaired) electrons. The van der Waals surface area contributed by atoms with Crippen molar-refractivity contribution < 1.29 is 42.0 Å². The van der Waals surface area contributed by atoms with Gasteiger partial charge in [-0.2, -0.15) is 0 Å². The summed E-state index contributed by atoms with van der Waals surface area (Å²) in [6.07, 6.45) is 0. The van der Waals surface area contributed by atoms with Gasteiger partial charge in [-0.3, -0.25) is 0 Å². The van der Waals surface area contributed by atoms with Crippen LogP contribution in [0.25, 0.3) is 0 Å². The fourth-order valence-electron chi connectivity index (χ4n) is 0. The Kier molecular flexibility index (Phi) is 26.7. The van der Waals surface area contributed by atoms with E-state index in [1.165, 1.54) is 0 Å². The van der Waals surface area contributed by atoms with Crippen LogP contribution in [0.2, 0.25) is 0 Å². The second kappa shape index (κ2) is 10.2. The van der Waals surface area contributed by atoms with Crippen molar-refractivity contribution in [1.82, 2.24) is 0 Å². The third kappa shape index (κ3) is 35.2. The van der Waals surface area contributed by atoms with Gasteiger partial charge < -0.3 is 23.3 Å². The van der Waals surface area contributed by atoms with E-state index in [1.54, 1.807) is 0 Å². The molecule has 0 aromatic rings. The number of rotatable bonds is 0. The zero-order valence-electron chi connectivity index (χ0n) is 2.88. The van der Waals surface area contributed by atoms with Crippen LogP contribution < -0.4 is 14.7 Å². The van der Waals surface area contributed by atoms with E-state index in [1.807, 2.05) is 0 Å². The first-order valence-electron chi connectivity index (χ1n) is 0.548. The maximum absolute atomic E-state index is 8.48. The van der Waals surface area contributed by atoms with Gasteiger partial charge in [-0.25, -0.2) is 0 Å². The predicted octanol–water partition coefficient (Wildman–Crippen LogP) is -3.09. The quantitative estimate of drug-likeness (QED) is 0.321. The smallest absolute Gasteiger partial charge is 0.854 e. The number of hydrogen-bond donors (Lipinski definition) is 0. The summed E-state index contributed by atoms with van der Waals surface area (Å²) in [4.78, 5) is 25.4. The first-order chi connectivity index (χ1) is 1.73. The molecule has 0 aliphatic carbocycles. The maximum Gasteiger partial charge on any atom is 2.00 e. The van der Waals surface area contributed by atoms with Crippen molar-refractivity contribution >= 4 is 35.9 Å². The Labute approximate surface area is 77.1 Å². The van der Waals surface area contributed by atoms with Crippen molar-refractivity contribution in [3.63, 3.8) is 0 Å². The fraction of sp³-hybridized carbons (Fsp3) is 0. The van der Waals surface area contributed by atoms with Crippen LogP contribution in [0.3, 0.4) is 0 Å². The van der Waals surface area contributed by atoms with Crippen LogP contribution in [-0.4, -0.2) is 27.3 Å². The average molecular weight is 399 g/mol. The van der Waals surface area contributed by atoms with Crippen molar-refractivity contribution in [2.24, 2.45) is 0 Å². The number of hydrogen-bond acceptors (Lipinski definition) is 3. The Morgan fingerprint density at radius 3 is 1.00 bits per heavy atom. The Bertz CT molecular complexity index is 15.5. The van der Waals surface area contributed by atoms with E-state index in [9.17, 15) is 0 Å². The van der Waals surface area contributed by atoms with Crippen LogP contribution in [0.1, 0.15) is 0 Å². The van der Waals surface area contributed by atoms with Crippen molar-refractivity contribution in [2.45, 2.75) is 0 Å². The van der Waals surface area contributed by atoms with Crippen LogP contribution in [0.15, 0.2) is 0 Å². The van der Waals surface area contributed by atoms with Crippen molar-refractivity contribution in [1.29, 1.82) is 0 Å². The third-order valence-corrected chi connectivity index (χ3v) is 0. The monoisotopic (exact) mass is 401 g/mol. The zero-order valence-corrected chi connectivity index (χ0v) is 11.7. The molecule has 0 fully saturated rings. The molecule has 0 heterocycles. The van der Waals surface area contributed by atoms with E-state index < -0.39 is 8.60 Å². The molecule has 0 saturated carbocycles. The van der Waals surface area contributed by atoms with Crippen LogP contribution in [0, 0.1) is 0 Å². The molecule has 28 valence electrons. The first-order valence-corrected chi connectivity index (χ1v) is 1.64. The normalized spacial score (nSPS) is 6.00. The summed E-state index contributed by atoms with van der Waals surface area (Å²) in [7, 11) is -3.37. The minimum Gasteiger partial charge on any atom is -0.854 e. The van der Waals surface area contributed by atoms with Crippen LogP contribution in [0.5, 0.6) is 0 Å². The summed E-state index contributed by atoms with van der Waals surface area (Å²) >= 11 is 0. The van der Waals surface area contributed by atoms with E-state index in [0.29, 0.717) is 0 Å². The minimum atomic E-state index is -3.37. The van der Waals surface area contributed by atoms with Crippen molar-refractivity contribution in [3.8, 4) is 0 Å². The molecule has 0 bridgehead atoms. The topological polar surface area (TPSA) is 69.2 Å². The summed E-state index contributed by atoms with van der Waals surface area (Å²) in [6, 6.07) is 0. The Hall–Kier alpha value is 2.15. The van der Waals surface area contributed by atoms with E-state index in [4.69, 9.17) is 14.7 Å². The van der Waals surface area contributed by atoms with Gasteiger partial charge in [0.1, 0.15) is 0 Å². The predicted molar refractivity (Wildman–Crippen MR) is 12.7 cm³/mol. The van der Waals surface area contributed by atoms with Gasteiger partial charge in [-0.15, -0.1) is 0 Å². The summed E-state index contributed by atoms with van der Waals surface area (Å²) in [5.74, 6) is 0. The van der Waals surface area contributed by atoms with Gasteiger partial charge in [0.15, 0.2) is 0 Å². The third-order valence-electron chi connectivity index (χ3n) is 0. The molecule has 0 aliphatic rings. The van der Waals surface area contributed by atoms with Crippen molar-refractivity contribution in [2.75, 3.05) is 0 Å². The molecule has 0 N–H and O–H groups in total. The van der Waals surface area contributed by atoms with E-state index >= 15 is 0 Å². The van der Waals surface area contributed by atoms with Gasteiger partial charge in [0.25, 0.3) is 0 Å². The SMILES string of the molecule is [Cd+2].[O-]P([O-])[O-].[Pb+2]. The molecule has 6 heteroatoms. The summed E-state index contributed by atoms with van der Waals surface area (Å²) in [6.45, 7) is 0. The largest absolute Gasteiger partial charge is 2.00 e.